The molecule has 0 unspecified atom stereocenters. The summed E-state index contributed by atoms with van der Waals surface area (Å²) in [6.07, 6.45) is -0.785. The Morgan fingerprint density at radius 2 is 1.65 bits per heavy atom. The largest absolute Gasteiger partial charge is 0.392 e. The summed E-state index contributed by atoms with van der Waals surface area (Å²) >= 11 is 3.51. The predicted octanol–water partition coefficient (Wildman–Crippen LogP) is 2.01. The third-order valence-electron chi connectivity index (χ3n) is 2.40. The lowest BCUT2D eigenvalue weighted by Gasteiger charge is -2.25. The van der Waals surface area contributed by atoms with Crippen LogP contribution in [0.3, 0.4) is 0 Å². The van der Waals surface area contributed by atoms with Gasteiger partial charge in [0.1, 0.15) is 0 Å². The zero-order valence-corrected chi connectivity index (χ0v) is 11.9. The van der Waals surface area contributed by atoms with Crippen molar-refractivity contribution in [1.29, 1.82) is 0 Å². The molecular weight excluding hydrogens is 282 g/mol. The van der Waals surface area contributed by atoms with Crippen molar-refractivity contribution < 1.29 is 10.2 Å². The highest BCUT2D eigenvalue weighted by molar-refractivity contribution is 9.10. The van der Waals surface area contributed by atoms with E-state index in [1.807, 2.05) is 24.3 Å². The molecule has 0 heterocycles. The molecule has 0 radical (unpaired) electrons. The molecule has 1 aromatic carbocycles. The van der Waals surface area contributed by atoms with E-state index in [4.69, 9.17) is 0 Å². The van der Waals surface area contributed by atoms with Crippen LogP contribution in [0.4, 0.5) is 0 Å². The first-order valence-corrected chi connectivity index (χ1v) is 6.60. The van der Waals surface area contributed by atoms with Crippen LogP contribution in [-0.4, -0.2) is 40.4 Å². The van der Waals surface area contributed by atoms with Crippen molar-refractivity contribution in [3.8, 4) is 0 Å². The molecule has 17 heavy (non-hydrogen) atoms. The van der Waals surface area contributed by atoms with E-state index in [0.29, 0.717) is 13.1 Å². The first-order chi connectivity index (χ1) is 7.99. The lowest BCUT2D eigenvalue weighted by atomic mass is 10.2. The van der Waals surface area contributed by atoms with Crippen LogP contribution in [0, 0.1) is 0 Å². The zero-order valence-electron chi connectivity index (χ0n) is 10.3. The molecule has 0 bridgehead atoms. The summed E-state index contributed by atoms with van der Waals surface area (Å²) in [5.41, 5.74) is 1.16. The Morgan fingerprint density at radius 1 is 1.12 bits per heavy atom. The van der Waals surface area contributed by atoms with Crippen molar-refractivity contribution in [3.05, 3.63) is 34.3 Å². The van der Waals surface area contributed by atoms with E-state index in [0.717, 1.165) is 16.6 Å². The molecule has 0 aliphatic rings. The summed E-state index contributed by atoms with van der Waals surface area (Å²) in [5, 5.41) is 18.9. The molecule has 1 rings (SSSR count). The number of rotatable bonds is 6. The van der Waals surface area contributed by atoms with E-state index in [2.05, 4.69) is 20.8 Å². The standard InChI is InChI=1S/C13H20BrNO2/c1-10(16)7-15(8-11(2)17)9-12-5-3-4-6-13(12)14/h3-6,10-11,16-17H,7-9H2,1-2H3/t10-,11-/m1/s1. The number of nitrogens with zero attached hydrogens (tertiary/aromatic N) is 1. The van der Waals surface area contributed by atoms with Gasteiger partial charge in [0.2, 0.25) is 0 Å². The summed E-state index contributed by atoms with van der Waals surface area (Å²) in [6, 6.07) is 8.00. The summed E-state index contributed by atoms with van der Waals surface area (Å²) in [4.78, 5) is 2.05. The molecule has 0 saturated heterocycles. The number of aliphatic hydroxyl groups is 2. The van der Waals surface area contributed by atoms with Gasteiger partial charge in [-0.1, -0.05) is 34.1 Å². The van der Waals surface area contributed by atoms with Gasteiger partial charge in [-0.15, -0.1) is 0 Å². The Labute approximate surface area is 111 Å². The molecule has 0 amide bonds. The molecule has 2 atom stereocenters. The molecular formula is C13H20BrNO2. The summed E-state index contributed by atoms with van der Waals surface area (Å²) < 4.78 is 1.06. The normalized spacial score (nSPS) is 14.9. The highest BCUT2D eigenvalue weighted by atomic mass is 79.9. The minimum atomic E-state index is -0.392. The fourth-order valence-electron chi connectivity index (χ4n) is 1.82. The molecule has 1 aromatic rings. The third kappa shape index (κ3) is 5.64. The van der Waals surface area contributed by atoms with Gasteiger partial charge < -0.3 is 10.2 Å². The second-order valence-corrected chi connectivity index (χ2v) is 5.34. The van der Waals surface area contributed by atoms with Crippen LogP contribution >= 0.6 is 15.9 Å². The first kappa shape index (κ1) is 14.6. The van der Waals surface area contributed by atoms with E-state index in [1.165, 1.54) is 0 Å². The first-order valence-electron chi connectivity index (χ1n) is 5.81. The van der Waals surface area contributed by atoms with E-state index in [1.54, 1.807) is 13.8 Å². The van der Waals surface area contributed by atoms with Gasteiger partial charge in [-0.3, -0.25) is 4.90 Å². The number of benzene rings is 1. The summed E-state index contributed by atoms with van der Waals surface area (Å²) in [7, 11) is 0. The average molecular weight is 302 g/mol. The van der Waals surface area contributed by atoms with Crippen molar-refractivity contribution in [2.75, 3.05) is 13.1 Å². The topological polar surface area (TPSA) is 43.7 Å². The van der Waals surface area contributed by atoms with Gasteiger partial charge in [-0.25, -0.2) is 0 Å². The highest BCUT2D eigenvalue weighted by Gasteiger charge is 2.12. The molecule has 0 aliphatic carbocycles. The van der Waals surface area contributed by atoms with E-state index in [-0.39, 0.29) is 0 Å². The monoisotopic (exact) mass is 301 g/mol. The van der Waals surface area contributed by atoms with Crippen molar-refractivity contribution in [2.24, 2.45) is 0 Å². The minimum absolute atomic E-state index is 0.392. The van der Waals surface area contributed by atoms with Crippen LogP contribution in [0.1, 0.15) is 19.4 Å². The second kappa shape index (κ2) is 7.11. The predicted molar refractivity (Wildman–Crippen MR) is 72.8 cm³/mol. The Balaban J connectivity index is 2.68. The van der Waals surface area contributed by atoms with Gasteiger partial charge in [0.15, 0.2) is 0 Å². The quantitative estimate of drug-likeness (QED) is 0.845. The van der Waals surface area contributed by atoms with Crippen molar-refractivity contribution in [1.82, 2.24) is 4.90 Å². The average Bonchev–Trinajstić information content (AvgIpc) is 2.19. The molecule has 2 N–H and O–H groups in total. The molecule has 0 aliphatic heterocycles. The van der Waals surface area contributed by atoms with Crippen molar-refractivity contribution >= 4 is 15.9 Å². The molecule has 96 valence electrons. The van der Waals surface area contributed by atoms with Gasteiger partial charge in [-0.2, -0.15) is 0 Å². The number of halogens is 1. The molecule has 3 nitrogen and oxygen atoms in total. The SMILES string of the molecule is C[C@@H](O)CN(Cc1ccccc1Br)C[C@@H](C)O. The summed E-state index contributed by atoms with van der Waals surface area (Å²) in [6.45, 7) is 5.36. The van der Waals surface area contributed by atoms with Crippen LogP contribution in [0.25, 0.3) is 0 Å². The van der Waals surface area contributed by atoms with Crippen LogP contribution in [0.15, 0.2) is 28.7 Å². The van der Waals surface area contributed by atoms with Crippen molar-refractivity contribution in [3.63, 3.8) is 0 Å². The third-order valence-corrected chi connectivity index (χ3v) is 3.17. The molecule has 0 fully saturated rings. The molecule has 4 heteroatoms. The lowest BCUT2D eigenvalue weighted by Crippen LogP contribution is -2.35. The van der Waals surface area contributed by atoms with Gasteiger partial charge in [0.25, 0.3) is 0 Å². The molecule has 0 spiro atoms. The number of hydrogen-bond acceptors (Lipinski definition) is 3. The maximum atomic E-state index is 9.45. The van der Waals surface area contributed by atoms with Gasteiger partial charge >= 0.3 is 0 Å². The second-order valence-electron chi connectivity index (χ2n) is 4.48. The van der Waals surface area contributed by atoms with Gasteiger partial charge in [0.05, 0.1) is 12.2 Å². The smallest absolute Gasteiger partial charge is 0.0639 e. The fraction of sp³-hybridized carbons (Fsp3) is 0.538. The Kier molecular flexibility index (Phi) is 6.12. The molecule has 0 saturated carbocycles. The van der Waals surface area contributed by atoms with Crippen LogP contribution in [0.2, 0.25) is 0 Å². The Hall–Kier alpha value is -0.420. The number of hydrogen-bond donors (Lipinski definition) is 2. The van der Waals surface area contributed by atoms with E-state index >= 15 is 0 Å². The molecule has 0 aromatic heterocycles. The summed E-state index contributed by atoms with van der Waals surface area (Å²) in [5.74, 6) is 0. The van der Waals surface area contributed by atoms with E-state index < -0.39 is 12.2 Å². The van der Waals surface area contributed by atoms with Crippen LogP contribution in [-0.2, 0) is 6.54 Å². The lowest BCUT2D eigenvalue weighted by molar-refractivity contribution is 0.0793. The van der Waals surface area contributed by atoms with E-state index in [9.17, 15) is 10.2 Å². The minimum Gasteiger partial charge on any atom is -0.392 e. The highest BCUT2D eigenvalue weighted by Crippen LogP contribution is 2.18. The zero-order chi connectivity index (χ0) is 12.8. The Morgan fingerprint density at radius 3 is 2.12 bits per heavy atom. The number of aliphatic hydroxyl groups excluding tert-OH is 2. The van der Waals surface area contributed by atoms with Crippen LogP contribution in [0.5, 0.6) is 0 Å². The van der Waals surface area contributed by atoms with Gasteiger partial charge in [-0.05, 0) is 25.5 Å². The fourth-order valence-corrected chi connectivity index (χ4v) is 2.23. The Bertz CT molecular complexity index is 332. The maximum Gasteiger partial charge on any atom is 0.0639 e. The van der Waals surface area contributed by atoms with Crippen LogP contribution < -0.4 is 0 Å². The van der Waals surface area contributed by atoms with Gasteiger partial charge in [0, 0.05) is 24.1 Å². The van der Waals surface area contributed by atoms with Crippen molar-refractivity contribution in [2.45, 2.75) is 32.6 Å². The maximum absolute atomic E-state index is 9.45.